The fourth-order valence-electron chi connectivity index (χ4n) is 2.32. The van der Waals surface area contributed by atoms with E-state index >= 15 is 0 Å². The van der Waals surface area contributed by atoms with Crippen LogP contribution in [0.15, 0.2) is 18.2 Å². The number of benzene rings is 1. The first-order valence-electron chi connectivity index (χ1n) is 7.04. The Morgan fingerprint density at radius 3 is 2.57 bits per heavy atom. The minimum absolute atomic E-state index is 0.0216. The smallest absolute Gasteiger partial charge is 0.321 e. The van der Waals surface area contributed by atoms with E-state index in [1.165, 1.54) is 12.1 Å². The van der Waals surface area contributed by atoms with Crippen molar-refractivity contribution in [3.63, 3.8) is 0 Å². The Kier molecular flexibility index (Phi) is 4.74. The molecule has 1 heterocycles. The van der Waals surface area contributed by atoms with Crippen molar-refractivity contribution in [2.24, 2.45) is 0 Å². The molecular weight excluding hydrogens is 272 g/mol. The van der Waals surface area contributed by atoms with Crippen LogP contribution in [-0.2, 0) is 0 Å². The zero-order valence-electron chi connectivity index (χ0n) is 12.3. The van der Waals surface area contributed by atoms with Gasteiger partial charge < -0.3 is 15.1 Å². The van der Waals surface area contributed by atoms with Gasteiger partial charge in [-0.25, -0.2) is 4.79 Å². The molecule has 2 rings (SSSR count). The van der Waals surface area contributed by atoms with E-state index in [0.717, 1.165) is 25.2 Å². The monoisotopic (exact) mass is 292 g/mol. The summed E-state index contributed by atoms with van der Waals surface area (Å²) in [6.45, 7) is 7.97. The first-order chi connectivity index (χ1) is 10.0. The molecule has 1 aromatic rings. The average Bonchev–Trinajstić information content (AvgIpc) is 2.49. The summed E-state index contributed by atoms with van der Waals surface area (Å²) in [5.74, 6) is 0. The molecule has 0 saturated carbocycles. The van der Waals surface area contributed by atoms with Gasteiger partial charge in [0.15, 0.2) is 0 Å². The van der Waals surface area contributed by atoms with Crippen LogP contribution >= 0.6 is 0 Å². The molecule has 0 spiro atoms. The lowest BCUT2D eigenvalue weighted by atomic mass is 10.2. The lowest BCUT2D eigenvalue weighted by Gasteiger charge is -2.34. The highest BCUT2D eigenvalue weighted by atomic mass is 16.6. The molecule has 0 aromatic heterocycles. The molecule has 1 aliphatic rings. The summed E-state index contributed by atoms with van der Waals surface area (Å²) < 4.78 is 0. The van der Waals surface area contributed by atoms with E-state index in [9.17, 15) is 14.9 Å². The molecule has 1 N–H and O–H groups in total. The molecule has 1 aromatic carbocycles. The van der Waals surface area contributed by atoms with Crippen LogP contribution in [-0.4, -0.2) is 53.5 Å². The van der Waals surface area contributed by atoms with E-state index in [2.05, 4.69) is 17.1 Å². The molecule has 1 aliphatic heterocycles. The van der Waals surface area contributed by atoms with Crippen molar-refractivity contribution in [1.29, 1.82) is 0 Å². The molecule has 0 atom stereocenters. The summed E-state index contributed by atoms with van der Waals surface area (Å²) in [7, 11) is 0. The van der Waals surface area contributed by atoms with Crippen LogP contribution in [0.4, 0.5) is 16.2 Å². The Bertz CT molecular complexity index is 539. The predicted octanol–water partition coefficient (Wildman–Crippen LogP) is 2.07. The van der Waals surface area contributed by atoms with Crippen molar-refractivity contribution < 1.29 is 9.72 Å². The van der Waals surface area contributed by atoms with Crippen molar-refractivity contribution in [2.75, 3.05) is 38.0 Å². The van der Waals surface area contributed by atoms with Crippen LogP contribution in [0, 0.1) is 17.0 Å². The highest BCUT2D eigenvalue weighted by Crippen LogP contribution is 2.22. The minimum atomic E-state index is -0.463. The van der Waals surface area contributed by atoms with E-state index < -0.39 is 4.92 Å². The highest BCUT2D eigenvalue weighted by Gasteiger charge is 2.21. The fraction of sp³-hybridized carbons (Fsp3) is 0.500. The largest absolute Gasteiger partial charge is 0.322 e. The lowest BCUT2D eigenvalue weighted by Crippen LogP contribution is -2.49. The number of likely N-dealkylation sites (N-methyl/N-ethyl adjacent to an activating group) is 1. The number of hydrogen-bond donors (Lipinski definition) is 1. The molecule has 2 amide bonds. The molecule has 0 bridgehead atoms. The Labute approximate surface area is 123 Å². The number of rotatable bonds is 3. The van der Waals surface area contributed by atoms with Gasteiger partial charge in [-0.05, 0) is 19.0 Å². The second kappa shape index (κ2) is 6.53. The first kappa shape index (κ1) is 15.2. The van der Waals surface area contributed by atoms with Gasteiger partial charge in [0, 0.05) is 38.3 Å². The normalized spacial score (nSPS) is 15.8. The van der Waals surface area contributed by atoms with Crippen molar-refractivity contribution in [1.82, 2.24) is 9.80 Å². The summed E-state index contributed by atoms with van der Waals surface area (Å²) in [5, 5.41) is 13.6. The second-order valence-corrected chi connectivity index (χ2v) is 5.11. The zero-order valence-corrected chi connectivity index (χ0v) is 12.3. The Balaban J connectivity index is 2.03. The molecule has 7 heteroatoms. The van der Waals surface area contributed by atoms with Gasteiger partial charge in [0.25, 0.3) is 5.69 Å². The third-order valence-corrected chi connectivity index (χ3v) is 3.78. The number of aryl methyl sites for hydroxylation is 1. The Morgan fingerprint density at radius 1 is 1.33 bits per heavy atom. The van der Waals surface area contributed by atoms with Gasteiger partial charge in [0.05, 0.1) is 10.6 Å². The number of nitro benzene ring substituents is 1. The van der Waals surface area contributed by atoms with E-state index in [-0.39, 0.29) is 11.7 Å². The van der Waals surface area contributed by atoms with E-state index in [1.807, 2.05) is 6.92 Å². The van der Waals surface area contributed by atoms with Crippen LogP contribution in [0.3, 0.4) is 0 Å². The number of non-ortho nitro benzene ring substituents is 1. The summed E-state index contributed by atoms with van der Waals surface area (Å²) >= 11 is 0. The van der Waals surface area contributed by atoms with Crippen molar-refractivity contribution in [3.8, 4) is 0 Å². The molecule has 7 nitrogen and oxygen atoms in total. The molecule has 0 aliphatic carbocycles. The molecular formula is C14H20N4O3. The Morgan fingerprint density at radius 2 is 2.00 bits per heavy atom. The number of amides is 2. The third kappa shape index (κ3) is 3.69. The van der Waals surface area contributed by atoms with Gasteiger partial charge in [-0.3, -0.25) is 10.1 Å². The van der Waals surface area contributed by atoms with Gasteiger partial charge >= 0.3 is 6.03 Å². The number of nitrogens with zero attached hydrogens (tertiary/aromatic N) is 3. The van der Waals surface area contributed by atoms with Crippen LogP contribution in [0.2, 0.25) is 0 Å². The van der Waals surface area contributed by atoms with Gasteiger partial charge in [-0.15, -0.1) is 0 Å². The number of urea groups is 1. The third-order valence-electron chi connectivity index (χ3n) is 3.78. The van der Waals surface area contributed by atoms with Crippen LogP contribution in [0.25, 0.3) is 0 Å². The van der Waals surface area contributed by atoms with E-state index in [0.29, 0.717) is 18.8 Å². The predicted molar refractivity (Wildman–Crippen MR) is 80.5 cm³/mol. The number of carbonyl (C=O) groups excluding carboxylic acids is 1. The number of carbonyl (C=O) groups is 1. The van der Waals surface area contributed by atoms with Crippen LogP contribution in [0.5, 0.6) is 0 Å². The highest BCUT2D eigenvalue weighted by molar-refractivity contribution is 5.90. The number of piperazine rings is 1. The fourth-order valence-corrected chi connectivity index (χ4v) is 2.32. The van der Waals surface area contributed by atoms with Gasteiger partial charge in [0.1, 0.15) is 0 Å². The molecule has 114 valence electrons. The van der Waals surface area contributed by atoms with Gasteiger partial charge in [0.2, 0.25) is 0 Å². The summed E-state index contributed by atoms with van der Waals surface area (Å²) in [6, 6.07) is 4.28. The van der Waals surface area contributed by atoms with Crippen LogP contribution < -0.4 is 5.32 Å². The quantitative estimate of drug-likeness (QED) is 0.683. The van der Waals surface area contributed by atoms with Crippen molar-refractivity contribution in [2.45, 2.75) is 13.8 Å². The number of nitrogens with one attached hydrogen (secondary N) is 1. The van der Waals surface area contributed by atoms with Crippen molar-refractivity contribution in [3.05, 3.63) is 33.9 Å². The average molecular weight is 292 g/mol. The number of hydrogen-bond acceptors (Lipinski definition) is 4. The lowest BCUT2D eigenvalue weighted by molar-refractivity contribution is -0.384. The zero-order chi connectivity index (χ0) is 15.4. The topological polar surface area (TPSA) is 78.7 Å². The van der Waals surface area contributed by atoms with E-state index in [4.69, 9.17) is 0 Å². The standard InChI is InChI=1S/C14H20N4O3/c1-3-16-6-8-17(9-7-16)14(19)15-13-10-12(18(20)21)5-4-11(13)2/h4-5,10H,3,6-9H2,1-2H3,(H,15,19). The molecule has 1 saturated heterocycles. The maximum absolute atomic E-state index is 12.2. The van der Waals surface area contributed by atoms with E-state index in [1.54, 1.807) is 11.0 Å². The summed E-state index contributed by atoms with van der Waals surface area (Å²) in [4.78, 5) is 26.6. The molecule has 0 unspecified atom stereocenters. The van der Waals surface area contributed by atoms with Gasteiger partial charge in [-0.1, -0.05) is 13.0 Å². The SMILES string of the molecule is CCN1CCN(C(=O)Nc2cc([N+](=O)[O-])ccc2C)CC1. The number of anilines is 1. The molecule has 1 fully saturated rings. The molecule has 21 heavy (non-hydrogen) atoms. The van der Waals surface area contributed by atoms with Crippen molar-refractivity contribution >= 4 is 17.4 Å². The summed E-state index contributed by atoms with van der Waals surface area (Å²) in [6.07, 6.45) is 0. The summed E-state index contributed by atoms with van der Waals surface area (Å²) in [5.41, 5.74) is 1.28. The Hall–Kier alpha value is -2.15. The maximum atomic E-state index is 12.2. The minimum Gasteiger partial charge on any atom is -0.322 e. The number of nitro groups is 1. The molecule has 0 radical (unpaired) electrons. The first-order valence-corrected chi connectivity index (χ1v) is 7.04. The van der Waals surface area contributed by atoms with Crippen LogP contribution in [0.1, 0.15) is 12.5 Å². The second-order valence-electron chi connectivity index (χ2n) is 5.11. The van der Waals surface area contributed by atoms with Gasteiger partial charge in [-0.2, -0.15) is 0 Å². The maximum Gasteiger partial charge on any atom is 0.321 e.